The van der Waals surface area contributed by atoms with Crippen LogP contribution in [0.5, 0.6) is 11.5 Å². The summed E-state index contributed by atoms with van der Waals surface area (Å²) in [6, 6.07) is 3.25. The molecule has 4 nitrogen and oxygen atoms in total. The van der Waals surface area contributed by atoms with Crippen LogP contribution < -0.4 is 4.74 Å². The maximum absolute atomic E-state index is 9.52. The number of halogens is 1. The second kappa shape index (κ2) is 5.75. The Morgan fingerprint density at radius 2 is 2.25 bits per heavy atom. The number of aliphatic imine (C=N–C) groups is 1. The van der Waals surface area contributed by atoms with Gasteiger partial charge in [0, 0.05) is 30.2 Å². The van der Waals surface area contributed by atoms with Crippen molar-refractivity contribution in [2.75, 3.05) is 20.7 Å². The molecule has 0 aliphatic carbocycles. The average molecular weight is 287 g/mol. The van der Waals surface area contributed by atoms with Gasteiger partial charge in [-0.2, -0.15) is 0 Å². The number of phenols is 1. The molecule has 0 saturated heterocycles. The van der Waals surface area contributed by atoms with Gasteiger partial charge in [0.05, 0.1) is 19.1 Å². The quantitative estimate of drug-likeness (QED) is 0.684. The van der Waals surface area contributed by atoms with Gasteiger partial charge in [-0.05, 0) is 22.9 Å². The molecule has 1 aromatic carbocycles. The highest BCUT2D eigenvalue weighted by Crippen LogP contribution is 2.36. The fourth-order valence-electron chi connectivity index (χ4n) is 1.04. The molecule has 0 spiro atoms. The molecule has 1 aromatic rings. The lowest BCUT2D eigenvalue weighted by Gasteiger charge is -2.09. The van der Waals surface area contributed by atoms with E-state index in [9.17, 15) is 5.11 Å². The molecule has 5 heteroatoms. The van der Waals surface area contributed by atoms with E-state index in [0.717, 1.165) is 16.7 Å². The van der Waals surface area contributed by atoms with E-state index in [1.165, 1.54) is 7.11 Å². The SMILES string of the molecule is CCN(C)C=Nc1cc(OC)c(O)cc1Br. The van der Waals surface area contributed by atoms with Crippen LogP contribution in [0.25, 0.3) is 0 Å². The predicted octanol–water partition coefficient (Wildman–Crippen LogP) is 2.77. The third kappa shape index (κ3) is 3.13. The highest BCUT2D eigenvalue weighted by atomic mass is 79.9. The largest absolute Gasteiger partial charge is 0.504 e. The van der Waals surface area contributed by atoms with Gasteiger partial charge in [-0.1, -0.05) is 0 Å². The molecule has 88 valence electrons. The minimum Gasteiger partial charge on any atom is -0.504 e. The monoisotopic (exact) mass is 286 g/mol. The first-order valence-electron chi connectivity index (χ1n) is 4.89. The summed E-state index contributed by atoms with van der Waals surface area (Å²) in [5, 5.41) is 9.52. The molecule has 0 aliphatic rings. The number of phenolic OH excluding ortho intramolecular Hbond substituents is 1. The topological polar surface area (TPSA) is 45.1 Å². The van der Waals surface area contributed by atoms with Crippen LogP contribution in [-0.2, 0) is 0 Å². The van der Waals surface area contributed by atoms with Gasteiger partial charge < -0.3 is 14.7 Å². The molecule has 1 N–H and O–H groups in total. The third-order valence-corrected chi connectivity index (χ3v) is 2.78. The van der Waals surface area contributed by atoms with Crippen LogP contribution in [0.2, 0.25) is 0 Å². The minimum absolute atomic E-state index is 0.0946. The van der Waals surface area contributed by atoms with Crippen LogP contribution in [0.1, 0.15) is 6.92 Å². The van der Waals surface area contributed by atoms with Gasteiger partial charge >= 0.3 is 0 Å². The second-order valence-electron chi connectivity index (χ2n) is 3.29. The molecule has 1 rings (SSSR count). The van der Waals surface area contributed by atoms with Crippen LogP contribution in [0.15, 0.2) is 21.6 Å². The number of hydrogen-bond acceptors (Lipinski definition) is 3. The maximum Gasteiger partial charge on any atom is 0.162 e. The molecule has 0 radical (unpaired) electrons. The van der Waals surface area contributed by atoms with Crippen molar-refractivity contribution >= 4 is 28.0 Å². The number of nitrogens with zero attached hydrogens (tertiary/aromatic N) is 2. The van der Waals surface area contributed by atoms with Crippen molar-refractivity contribution < 1.29 is 9.84 Å². The molecule has 0 aromatic heterocycles. The van der Waals surface area contributed by atoms with E-state index in [-0.39, 0.29) is 5.75 Å². The molecule has 0 atom stereocenters. The van der Waals surface area contributed by atoms with E-state index in [0.29, 0.717) is 5.75 Å². The molecule has 0 saturated carbocycles. The first-order chi connectivity index (χ1) is 7.58. The lowest BCUT2D eigenvalue weighted by molar-refractivity contribution is 0.373. The van der Waals surface area contributed by atoms with Gasteiger partial charge in [-0.25, -0.2) is 4.99 Å². The summed E-state index contributed by atoms with van der Waals surface area (Å²) in [5.74, 6) is 0.506. The lowest BCUT2D eigenvalue weighted by Crippen LogP contribution is -2.14. The molecule has 0 fully saturated rings. The molecular formula is C11H15BrN2O2. The minimum atomic E-state index is 0.0946. The second-order valence-corrected chi connectivity index (χ2v) is 4.15. The van der Waals surface area contributed by atoms with Crippen molar-refractivity contribution in [1.29, 1.82) is 0 Å². The van der Waals surface area contributed by atoms with Crippen molar-refractivity contribution in [3.63, 3.8) is 0 Å². The van der Waals surface area contributed by atoms with Crippen LogP contribution in [-0.4, -0.2) is 37.0 Å². The van der Waals surface area contributed by atoms with E-state index in [4.69, 9.17) is 4.74 Å². The number of ether oxygens (including phenoxy) is 1. The first-order valence-corrected chi connectivity index (χ1v) is 5.68. The van der Waals surface area contributed by atoms with Crippen molar-refractivity contribution in [1.82, 2.24) is 4.90 Å². The zero-order valence-corrected chi connectivity index (χ0v) is 11.2. The average Bonchev–Trinajstić information content (AvgIpc) is 2.27. The van der Waals surface area contributed by atoms with E-state index in [1.54, 1.807) is 18.5 Å². The van der Waals surface area contributed by atoms with E-state index in [1.807, 2.05) is 18.9 Å². The summed E-state index contributed by atoms with van der Waals surface area (Å²) < 4.78 is 5.74. The zero-order valence-electron chi connectivity index (χ0n) is 9.57. The van der Waals surface area contributed by atoms with Crippen LogP contribution in [0.4, 0.5) is 5.69 Å². The number of methoxy groups -OCH3 is 1. The van der Waals surface area contributed by atoms with Crippen molar-refractivity contribution in [2.45, 2.75) is 6.92 Å². The maximum atomic E-state index is 9.52. The summed E-state index contributed by atoms with van der Waals surface area (Å²) in [6.07, 6.45) is 1.73. The molecule has 16 heavy (non-hydrogen) atoms. The molecule has 0 bridgehead atoms. The number of rotatable bonds is 4. The van der Waals surface area contributed by atoms with Crippen molar-refractivity contribution in [3.8, 4) is 11.5 Å². The first kappa shape index (κ1) is 12.8. The van der Waals surface area contributed by atoms with Gasteiger partial charge in [-0.3, -0.25) is 0 Å². The standard InChI is InChI=1S/C11H15BrN2O2/c1-4-14(2)7-13-9-6-11(16-3)10(15)5-8(9)12/h5-7,15H,4H2,1-3H3. The summed E-state index contributed by atoms with van der Waals surface area (Å²) in [6.45, 7) is 2.93. The molecule has 0 aliphatic heterocycles. The fourth-order valence-corrected chi connectivity index (χ4v) is 1.47. The lowest BCUT2D eigenvalue weighted by atomic mass is 10.3. The molecule has 0 heterocycles. The summed E-state index contributed by atoms with van der Waals surface area (Å²) in [7, 11) is 3.45. The Morgan fingerprint density at radius 1 is 1.56 bits per heavy atom. The van der Waals surface area contributed by atoms with Crippen molar-refractivity contribution in [2.24, 2.45) is 4.99 Å². The van der Waals surface area contributed by atoms with E-state index < -0.39 is 0 Å². The normalized spacial score (nSPS) is 10.8. The van der Waals surface area contributed by atoms with Crippen molar-refractivity contribution in [3.05, 3.63) is 16.6 Å². The number of hydrogen-bond donors (Lipinski definition) is 1. The Balaban J connectivity index is 3.00. The molecular weight excluding hydrogens is 272 g/mol. The molecule has 0 unspecified atom stereocenters. The molecule has 0 amide bonds. The highest BCUT2D eigenvalue weighted by molar-refractivity contribution is 9.10. The summed E-state index contributed by atoms with van der Waals surface area (Å²) in [4.78, 5) is 6.24. The summed E-state index contributed by atoms with van der Waals surface area (Å²) in [5.41, 5.74) is 0.718. The highest BCUT2D eigenvalue weighted by Gasteiger charge is 2.06. The Hall–Kier alpha value is -1.23. The zero-order chi connectivity index (χ0) is 12.1. The Labute approximate surface area is 104 Å². The van der Waals surface area contributed by atoms with Gasteiger partial charge in [0.15, 0.2) is 11.5 Å². The third-order valence-electron chi connectivity index (χ3n) is 2.14. The van der Waals surface area contributed by atoms with Gasteiger partial charge in [0.1, 0.15) is 0 Å². The number of aromatic hydroxyl groups is 1. The predicted molar refractivity (Wildman–Crippen MR) is 68.8 cm³/mol. The van der Waals surface area contributed by atoms with Gasteiger partial charge in [-0.15, -0.1) is 0 Å². The van der Waals surface area contributed by atoms with Crippen LogP contribution in [0.3, 0.4) is 0 Å². The fraction of sp³-hybridized carbons (Fsp3) is 0.364. The van der Waals surface area contributed by atoms with Gasteiger partial charge in [0.2, 0.25) is 0 Å². The van der Waals surface area contributed by atoms with Crippen LogP contribution >= 0.6 is 15.9 Å². The Bertz CT molecular complexity index is 394. The van der Waals surface area contributed by atoms with Gasteiger partial charge in [0.25, 0.3) is 0 Å². The summed E-state index contributed by atoms with van der Waals surface area (Å²) >= 11 is 3.33. The Kier molecular flexibility index (Phi) is 4.61. The number of benzene rings is 1. The smallest absolute Gasteiger partial charge is 0.162 e. The van der Waals surface area contributed by atoms with E-state index in [2.05, 4.69) is 20.9 Å². The van der Waals surface area contributed by atoms with E-state index >= 15 is 0 Å². The van der Waals surface area contributed by atoms with Crippen LogP contribution in [0, 0.1) is 0 Å². The Morgan fingerprint density at radius 3 is 2.81 bits per heavy atom.